The van der Waals surface area contributed by atoms with Gasteiger partial charge in [-0.1, -0.05) is 17.7 Å². The predicted molar refractivity (Wildman–Crippen MR) is 131 cm³/mol. The smallest absolute Gasteiger partial charge is 0.394 e. The van der Waals surface area contributed by atoms with E-state index in [1.165, 1.54) is 18.2 Å². The summed E-state index contributed by atoms with van der Waals surface area (Å²) in [6.45, 7) is 0. The number of anilines is 2. The summed E-state index contributed by atoms with van der Waals surface area (Å²) in [7, 11) is 0. The minimum atomic E-state index is -4.83. The number of nitrogen functional groups attached to an aromatic ring is 1. The van der Waals surface area contributed by atoms with Crippen molar-refractivity contribution in [2.75, 3.05) is 11.1 Å². The van der Waals surface area contributed by atoms with Gasteiger partial charge >= 0.3 is 6.18 Å². The average Bonchev–Trinajstić information content (AvgIpc) is 3.41. The lowest BCUT2D eigenvalue weighted by molar-refractivity contribution is -0.137. The predicted octanol–water partition coefficient (Wildman–Crippen LogP) is 7.31. The summed E-state index contributed by atoms with van der Waals surface area (Å²) < 4.78 is 79.0. The molecular weight excluding hydrogens is 581 g/mol. The van der Waals surface area contributed by atoms with Gasteiger partial charge in [0.05, 0.1) is 16.5 Å². The van der Waals surface area contributed by atoms with Gasteiger partial charge in [-0.05, 0) is 53.6 Å². The molecular formula is C25H15Cl3F6N2O2. The number of ketones is 1. The first-order chi connectivity index (χ1) is 17.6. The van der Waals surface area contributed by atoms with Crippen molar-refractivity contribution in [3.8, 4) is 0 Å². The molecule has 4 rings (SSSR count). The fourth-order valence-electron chi connectivity index (χ4n) is 4.08. The van der Waals surface area contributed by atoms with Crippen LogP contribution in [0, 0.1) is 23.4 Å². The van der Waals surface area contributed by atoms with Crippen molar-refractivity contribution in [2.45, 2.75) is 22.8 Å². The molecule has 38 heavy (non-hydrogen) atoms. The Kier molecular flexibility index (Phi) is 7.37. The molecule has 2 atom stereocenters. The van der Waals surface area contributed by atoms with Gasteiger partial charge in [-0.3, -0.25) is 9.59 Å². The second kappa shape index (κ2) is 9.98. The number of hydrogen-bond donors (Lipinski definition) is 2. The van der Waals surface area contributed by atoms with Crippen LogP contribution in [0.15, 0.2) is 48.5 Å². The van der Waals surface area contributed by atoms with E-state index in [0.29, 0.717) is 12.1 Å². The molecule has 0 saturated heterocycles. The van der Waals surface area contributed by atoms with Crippen molar-refractivity contribution in [1.82, 2.24) is 0 Å². The van der Waals surface area contributed by atoms with Crippen LogP contribution in [0.5, 0.6) is 0 Å². The summed E-state index contributed by atoms with van der Waals surface area (Å²) in [5, 5.41) is 2.42. The van der Waals surface area contributed by atoms with E-state index in [2.05, 4.69) is 5.32 Å². The highest BCUT2D eigenvalue weighted by Gasteiger charge is 2.67. The number of halogens is 9. The van der Waals surface area contributed by atoms with E-state index in [9.17, 15) is 35.9 Å². The molecule has 1 aliphatic carbocycles. The van der Waals surface area contributed by atoms with E-state index in [0.717, 1.165) is 18.2 Å². The highest BCUT2D eigenvalue weighted by molar-refractivity contribution is 6.53. The molecule has 0 aromatic heterocycles. The minimum Gasteiger partial charge on any atom is -0.394 e. The maximum absolute atomic E-state index is 14.2. The summed E-state index contributed by atoms with van der Waals surface area (Å²) in [5.74, 6) is -7.14. The zero-order valence-corrected chi connectivity index (χ0v) is 21.0. The van der Waals surface area contributed by atoms with Crippen LogP contribution in [0.3, 0.4) is 0 Å². The minimum absolute atomic E-state index is 0.0312. The number of nitrogens with two attached hydrogens (primary N) is 1. The van der Waals surface area contributed by atoms with Crippen molar-refractivity contribution < 1.29 is 35.9 Å². The number of hydrogen-bond acceptors (Lipinski definition) is 3. The van der Waals surface area contributed by atoms with Crippen molar-refractivity contribution >= 4 is 57.9 Å². The largest absolute Gasteiger partial charge is 0.416 e. The molecule has 3 aromatic rings. The van der Waals surface area contributed by atoms with E-state index < -0.39 is 69.2 Å². The maximum atomic E-state index is 14.2. The molecule has 0 aliphatic heterocycles. The molecule has 1 fully saturated rings. The van der Waals surface area contributed by atoms with Crippen LogP contribution in [0.25, 0.3) is 0 Å². The highest BCUT2D eigenvalue weighted by Crippen LogP contribution is 2.65. The molecule has 3 aromatic carbocycles. The van der Waals surface area contributed by atoms with Gasteiger partial charge in [-0.15, -0.1) is 23.2 Å². The number of benzene rings is 3. The fraction of sp³-hybridized carbons (Fsp3) is 0.200. The Morgan fingerprint density at radius 3 is 2.34 bits per heavy atom. The van der Waals surface area contributed by atoms with E-state index in [1.807, 2.05) is 0 Å². The quantitative estimate of drug-likeness (QED) is 0.136. The SMILES string of the molecule is Nc1c(F)ccc(CC(=O)c2cc(NC(=O)C3C(c4cc(F)cc(C(F)(F)F)c4)C3(Cl)Cl)ccc2Cl)c1F. The molecule has 13 heteroatoms. The molecule has 0 spiro atoms. The van der Waals surface area contributed by atoms with Crippen molar-refractivity contribution in [3.05, 3.63) is 93.3 Å². The van der Waals surface area contributed by atoms with Crippen LogP contribution < -0.4 is 11.1 Å². The van der Waals surface area contributed by atoms with Crippen molar-refractivity contribution in [2.24, 2.45) is 5.92 Å². The summed E-state index contributed by atoms with van der Waals surface area (Å²) in [6, 6.07) is 7.56. The Labute approximate surface area is 226 Å². The first-order valence-electron chi connectivity index (χ1n) is 10.7. The topological polar surface area (TPSA) is 72.2 Å². The molecule has 1 saturated carbocycles. The molecule has 2 unspecified atom stereocenters. The number of carbonyl (C=O) groups excluding carboxylic acids is 2. The molecule has 0 radical (unpaired) electrons. The van der Waals surface area contributed by atoms with Gasteiger partial charge in [0.15, 0.2) is 11.6 Å². The van der Waals surface area contributed by atoms with Crippen molar-refractivity contribution in [3.63, 3.8) is 0 Å². The van der Waals surface area contributed by atoms with Crippen molar-refractivity contribution in [1.29, 1.82) is 0 Å². The van der Waals surface area contributed by atoms with Crippen LogP contribution in [0.1, 0.15) is 33.0 Å². The average molecular weight is 596 g/mol. The second-order valence-electron chi connectivity index (χ2n) is 8.62. The second-order valence-corrected chi connectivity index (χ2v) is 10.5. The van der Waals surface area contributed by atoms with Gasteiger partial charge in [0.1, 0.15) is 21.7 Å². The van der Waals surface area contributed by atoms with Gasteiger partial charge in [-0.25, -0.2) is 13.2 Å². The molecule has 0 bridgehead atoms. The number of rotatable bonds is 6. The highest BCUT2D eigenvalue weighted by atomic mass is 35.5. The normalized spacial score (nSPS) is 18.2. The third kappa shape index (κ3) is 5.43. The third-order valence-electron chi connectivity index (χ3n) is 6.03. The zero-order valence-electron chi connectivity index (χ0n) is 18.8. The lowest BCUT2D eigenvalue weighted by Crippen LogP contribution is -2.17. The van der Waals surface area contributed by atoms with Gasteiger partial charge in [-0.2, -0.15) is 13.2 Å². The lowest BCUT2D eigenvalue weighted by Gasteiger charge is -2.11. The molecule has 0 heterocycles. The number of carbonyl (C=O) groups is 2. The monoisotopic (exact) mass is 594 g/mol. The number of Topliss-reactive ketones (excluding diaryl/α,β-unsaturated/α-hetero) is 1. The summed E-state index contributed by atoms with van der Waals surface area (Å²) >= 11 is 18.5. The van der Waals surface area contributed by atoms with Gasteiger partial charge < -0.3 is 11.1 Å². The molecule has 1 aliphatic rings. The van der Waals surface area contributed by atoms with Crippen LogP contribution >= 0.6 is 34.8 Å². The molecule has 3 N–H and O–H groups in total. The van der Waals surface area contributed by atoms with Crippen LogP contribution in [0.4, 0.5) is 37.7 Å². The summed E-state index contributed by atoms with van der Waals surface area (Å²) in [6.07, 6.45) is -5.36. The Hall–Kier alpha value is -2.95. The van der Waals surface area contributed by atoms with E-state index in [4.69, 9.17) is 40.5 Å². The fourth-order valence-corrected chi connectivity index (χ4v) is 5.13. The lowest BCUT2D eigenvalue weighted by atomic mass is 10.0. The standard InChI is InChI=1S/C25H15Cl3F6N2O2/c26-16-3-2-14(9-15(16)18(37)7-10-1-4-17(30)22(35)21(10)31)36-23(38)20-19(24(20,27)28)11-5-12(25(32,33)34)8-13(29)6-11/h1-6,8-9,19-20H,7,35H2,(H,36,38). The van der Waals surface area contributed by atoms with E-state index in [-0.39, 0.29) is 27.4 Å². The zero-order chi connectivity index (χ0) is 28.2. The molecule has 200 valence electrons. The number of amides is 1. The Bertz CT molecular complexity index is 1460. The summed E-state index contributed by atoms with van der Waals surface area (Å²) in [4.78, 5) is 25.7. The molecule has 4 nitrogen and oxygen atoms in total. The van der Waals surface area contributed by atoms with E-state index >= 15 is 0 Å². The van der Waals surface area contributed by atoms with Gasteiger partial charge in [0, 0.05) is 23.6 Å². The molecule has 1 amide bonds. The van der Waals surface area contributed by atoms with Gasteiger partial charge in [0.25, 0.3) is 0 Å². The Morgan fingerprint density at radius 2 is 1.68 bits per heavy atom. The van der Waals surface area contributed by atoms with Gasteiger partial charge in [0.2, 0.25) is 5.91 Å². The van der Waals surface area contributed by atoms with E-state index in [1.54, 1.807) is 0 Å². The third-order valence-corrected chi connectivity index (χ3v) is 7.30. The van der Waals surface area contributed by atoms with Crippen LogP contribution in [-0.2, 0) is 17.4 Å². The number of alkyl halides is 5. The first-order valence-corrected chi connectivity index (χ1v) is 11.9. The maximum Gasteiger partial charge on any atom is 0.416 e. The summed E-state index contributed by atoms with van der Waals surface area (Å²) in [5.41, 5.74) is 2.86. The van der Waals surface area contributed by atoms with Crippen LogP contribution in [0.2, 0.25) is 5.02 Å². The van der Waals surface area contributed by atoms with Crippen LogP contribution in [-0.4, -0.2) is 16.0 Å². The Balaban J connectivity index is 1.54. The Morgan fingerprint density at radius 1 is 1.00 bits per heavy atom. The number of nitrogens with one attached hydrogen (secondary N) is 1. The first kappa shape index (κ1) is 28.1.